The van der Waals surface area contributed by atoms with E-state index in [0.29, 0.717) is 16.1 Å². The number of nitrogens with one attached hydrogen (secondary N) is 1. The van der Waals surface area contributed by atoms with Gasteiger partial charge in [-0.25, -0.2) is 0 Å². The largest absolute Gasteiger partial charge is 0.323 e. The number of carbonyl (C=O) groups is 1. The van der Waals surface area contributed by atoms with Crippen LogP contribution in [0.5, 0.6) is 0 Å². The highest BCUT2D eigenvalue weighted by atomic mass is 32.2. The Bertz CT molecular complexity index is 768. The molecule has 1 unspecified atom stereocenters. The number of non-ortho nitro benzene ring substituents is 1. The molecule has 0 radical (unpaired) electrons. The van der Waals surface area contributed by atoms with Crippen LogP contribution in [0.1, 0.15) is 5.56 Å². The first-order chi connectivity index (χ1) is 11.0. The minimum atomic E-state index is -1.06. The van der Waals surface area contributed by atoms with Crippen LogP contribution in [0.3, 0.4) is 0 Å². The predicted octanol–water partition coefficient (Wildman–Crippen LogP) is 2.98. The monoisotopic (exact) mass is 330 g/mol. The van der Waals surface area contributed by atoms with Gasteiger partial charge in [-0.3, -0.25) is 19.1 Å². The first kappa shape index (κ1) is 16.6. The molecule has 0 bridgehead atoms. The summed E-state index contributed by atoms with van der Waals surface area (Å²) < 4.78 is 11.3. The summed E-state index contributed by atoms with van der Waals surface area (Å²) >= 11 is 0. The molecule has 23 heavy (non-hydrogen) atoms. The number of nitro benzene ring substituents is 1. The van der Waals surface area contributed by atoms with Gasteiger partial charge in [-0.05, 0) is 48.0 Å². The number of nitro groups is 1. The fourth-order valence-corrected chi connectivity index (χ4v) is 2.31. The second-order valence-corrected chi connectivity index (χ2v) is 6.03. The van der Waals surface area contributed by atoms with E-state index >= 15 is 0 Å². The maximum Gasteiger partial charge on any atom is 0.269 e. The Kier molecular flexibility index (Phi) is 5.37. The van der Waals surface area contributed by atoms with Crippen molar-refractivity contribution in [1.82, 2.24) is 0 Å². The number of anilines is 1. The molecule has 2 rings (SSSR count). The molecule has 118 valence electrons. The van der Waals surface area contributed by atoms with Gasteiger partial charge in [-0.2, -0.15) is 0 Å². The Balaban J connectivity index is 1.98. The summed E-state index contributed by atoms with van der Waals surface area (Å²) in [5.41, 5.74) is 1.28. The topological polar surface area (TPSA) is 89.3 Å². The molecule has 0 aromatic heterocycles. The van der Waals surface area contributed by atoms with E-state index in [0.717, 1.165) is 0 Å². The van der Waals surface area contributed by atoms with E-state index in [4.69, 9.17) is 0 Å². The third-order valence-electron chi connectivity index (χ3n) is 2.98. The molecule has 7 heteroatoms. The van der Waals surface area contributed by atoms with Gasteiger partial charge in [0.15, 0.2) is 0 Å². The minimum Gasteiger partial charge on any atom is -0.323 e. The summed E-state index contributed by atoms with van der Waals surface area (Å²) in [4.78, 5) is 22.6. The van der Waals surface area contributed by atoms with E-state index in [-0.39, 0.29) is 11.6 Å². The van der Waals surface area contributed by atoms with Crippen LogP contribution in [0.2, 0.25) is 0 Å². The Morgan fingerprint density at radius 1 is 1.13 bits per heavy atom. The first-order valence-electron chi connectivity index (χ1n) is 6.63. The molecule has 0 fully saturated rings. The quantitative estimate of drug-likeness (QED) is 0.518. The van der Waals surface area contributed by atoms with E-state index in [2.05, 4.69) is 5.32 Å². The zero-order valence-electron chi connectivity index (χ0n) is 12.3. The molecule has 0 heterocycles. The van der Waals surface area contributed by atoms with E-state index in [1.807, 2.05) is 0 Å². The number of benzene rings is 2. The van der Waals surface area contributed by atoms with Gasteiger partial charge in [0.1, 0.15) is 0 Å². The first-order valence-corrected chi connectivity index (χ1v) is 8.18. The molecule has 6 nitrogen and oxygen atoms in total. The van der Waals surface area contributed by atoms with Crippen molar-refractivity contribution in [2.45, 2.75) is 4.90 Å². The smallest absolute Gasteiger partial charge is 0.269 e. The Labute approximate surface area is 135 Å². The van der Waals surface area contributed by atoms with Gasteiger partial charge in [0.2, 0.25) is 5.91 Å². The number of hydrogen-bond donors (Lipinski definition) is 1. The highest BCUT2D eigenvalue weighted by molar-refractivity contribution is 7.84. The van der Waals surface area contributed by atoms with Gasteiger partial charge in [-0.1, -0.05) is 0 Å². The number of hydrogen-bond acceptors (Lipinski definition) is 4. The molecule has 0 spiro atoms. The lowest BCUT2D eigenvalue weighted by molar-refractivity contribution is -0.384. The maximum atomic E-state index is 11.8. The fraction of sp³-hybridized carbons (Fsp3) is 0.0625. The van der Waals surface area contributed by atoms with Crippen LogP contribution in [0, 0.1) is 10.1 Å². The van der Waals surface area contributed by atoms with Crippen molar-refractivity contribution in [3.8, 4) is 0 Å². The molecule has 2 aromatic carbocycles. The van der Waals surface area contributed by atoms with Crippen molar-refractivity contribution >= 4 is 34.2 Å². The van der Waals surface area contributed by atoms with Gasteiger partial charge in [0.25, 0.3) is 5.69 Å². The highest BCUT2D eigenvalue weighted by Gasteiger charge is 2.03. The lowest BCUT2D eigenvalue weighted by Gasteiger charge is -2.03. The molecule has 1 N–H and O–H groups in total. The average molecular weight is 330 g/mol. The average Bonchev–Trinajstić information content (AvgIpc) is 2.54. The summed E-state index contributed by atoms with van der Waals surface area (Å²) in [6, 6.07) is 12.6. The van der Waals surface area contributed by atoms with Crippen molar-refractivity contribution in [2.75, 3.05) is 11.6 Å². The summed E-state index contributed by atoms with van der Waals surface area (Å²) in [7, 11) is -1.06. The van der Waals surface area contributed by atoms with Crippen LogP contribution in [0.15, 0.2) is 59.5 Å². The molecule has 0 aliphatic heterocycles. The van der Waals surface area contributed by atoms with Gasteiger partial charge < -0.3 is 5.32 Å². The Morgan fingerprint density at radius 2 is 1.74 bits per heavy atom. The van der Waals surface area contributed by atoms with E-state index in [9.17, 15) is 19.1 Å². The van der Waals surface area contributed by atoms with Gasteiger partial charge in [0.05, 0.1) is 4.92 Å². The minimum absolute atomic E-state index is 0.00000262. The molecule has 1 amide bonds. The Morgan fingerprint density at radius 3 is 2.26 bits per heavy atom. The van der Waals surface area contributed by atoms with Crippen molar-refractivity contribution in [2.24, 2.45) is 0 Å². The number of nitrogens with zero attached hydrogens (tertiary/aromatic N) is 1. The third-order valence-corrected chi connectivity index (χ3v) is 3.92. The van der Waals surface area contributed by atoms with Crippen LogP contribution in [0.4, 0.5) is 11.4 Å². The van der Waals surface area contributed by atoms with Crippen LogP contribution in [0.25, 0.3) is 6.08 Å². The van der Waals surface area contributed by atoms with E-state index < -0.39 is 15.7 Å². The van der Waals surface area contributed by atoms with Crippen LogP contribution in [-0.4, -0.2) is 21.3 Å². The normalized spacial score (nSPS) is 12.0. The zero-order valence-corrected chi connectivity index (χ0v) is 13.1. The summed E-state index contributed by atoms with van der Waals surface area (Å²) in [6.45, 7) is 0. The maximum absolute atomic E-state index is 11.8. The Hall–Kier alpha value is -2.80. The zero-order chi connectivity index (χ0) is 16.8. The summed E-state index contributed by atoms with van der Waals surface area (Å²) in [5.74, 6) is -0.325. The number of rotatable bonds is 5. The van der Waals surface area contributed by atoms with E-state index in [1.165, 1.54) is 18.2 Å². The molecule has 0 saturated heterocycles. The molecule has 0 aliphatic carbocycles. The fourth-order valence-electron chi connectivity index (χ4n) is 1.79. The van der Waals surface area contributed by atoms with Crippen molar-refractivity contribution in [3.05, 3.63) is 70.3 Å². The van der Waals surface area contributed by atoms with Crippen LogP contribution >= 0.6 is 0 Å². The predicted molar refractivity (Wildman–Crippen MR) is 89.5 cm³/mol. The van der Waals surface area contributed by atoms with Crippen molar-refractivity contribution < 1.29 is 13.9 Å². The number of amides is 1. The third kappa shape index (κ3) is 4.86. The lowest BCUT2D eigenvalue weighted by Crippen LogP contribution is -2.07. The lowest BCUT2D eigenvalue weighted by atomic mass is 10.2. The van der Waals surface area contributed by atoms with Crippen LogP contribution < -0.4 is 5.32 Å². The van der Waals surface area contributed by atoms with Crippen molar-refractivity contribution in [1.29, 1.82) is 0 Å². The van der Waals surface area contributed by atoms with E-state index in [1.54, 1.807) is 48.7 Å². The highest BCUT2D eigenvalue weighted by Crippen LogP contribution is 2.14. The summed E-state index contributed by atoms with van der Waals surface area (Å²) in [5, 5.41) is 13.2. The number of carbonyl (C=O) groups excluding carboxylic acids is 1. The molecular formula is C16H14N2O4S. The van der Waals surface area contributed by atoms with Gasteiger partial charge >= 0.3 is 0 Å². The SMILES string of the molecule is CS(=O)c1ccc(NC(=O)C=Cc2ccc([N+](=O)[O-])cc2)cc1. The molecule has 1 atom stereocenters. The van der Waals surface area contributed by atoms with Crippen molar-refractivity contribution in [3.63, 3.8) is 0 Å². The van der Waals surface area contributed by atoms with Crippen LogP contribution in [-0.2, 0) is 15.6 Å². The summed E-state index contributed by atoms with van der Waals surface area (Å²) in [6.07, 6.45) is 4.49. The molecule has 2 aromatic rings. The molecule has 0 saturated carbocycles. The second-order valence-electron chi connectivity index (χ2n) is 4.65. The molecular weight excluding hydrogens is 316 g/mol. The van der Waals surface area contributed by atoms with Gasteiger partial charge in [-0.15, -0.1) is 0 Å². The van der Waals surface area contributed by atoms with Gasteiger partial charge in [0, 0.05) is 45.8 Å². The molecule has 0 aliphatic rings. The standard InChI is InChI=1S/C16H14N2O4S/c1-23(22)15-9-5-13(6-10-15)17-16(19)11-4-12-2-7-14(8-3-12)18(20)21/h2-11H,1H3,(H,17,19). The second kappa shape index (κ2) is 7.46.